The first-order chi connectivity index (χ1) is 16.0. The molecule has 0 saturated carbocycles. The summed E-state index contributed by atoms with van der Waals surface area (Å²) in [6, 6.07) is 12.2. The minimum Gasteiger partial charge on any atom is -0.481 e. The van der Waals surface area contributed by atoms with Crippen molar-refractivity contribution >= 4 is 17.4 Å². The van der Waals surface area contributed by atoms with E-state index in [1.165, 1.54) is 11.1 Å². The van der Waals surface area contributed by atoms with Crippen molar-refractivity contribution in [2.24, 2.45) is 11.1 Å². The topological polar surface area (TPSA) is 97.4 Å². The average Bonchev–Trinajstić information content (AvgIpc) is 3.11. The van der Waals surface area contributed by atoms with Crippen LogP contribution < -0.4 is 15.4 Å². The van der Waals surface area contributed by atoms with Crippen LogP contribution in [0.15, 0.2) is 36.4 Å². The number of nitrogens with two attached hydrogens (primary N) is 1. The number of benzene rings is 1. The summed E-state index contributed by atoms with van der Waals surface area (Å²) in [5.41, 5.74) is 12.0. The lowest BCUT2D eigenvalue weighted by Gasteiger charge is -2.43. The molecule has 7 nitrogen and oxygen atoms in total. The van der Waals surface area contributed by atoms with Gasteiger partial charge in [0.25, 0.3) is 0 Å². The Morgan fingerprint density at radius 2 is 1.91 bits per heavy atom. The highest BCUT2D eigenvalue weighted by molar-refractivity contribution is 6.32. The molecule has 33 heavy (non-hydrogen) atoms. The fourth-order valence-corrected chi connectivity index (χ4v) is 5.57. The van der Waals surface area contributed by atoms with Gasteiger partial charge in [-0.05, 0) is 48.8 Å². The number of aliphatic hydroxyl groups is 1. The van der Waals surface area contributed by atoms with Gasteiger partial charge >= 0.3 is 0 Å². The van der Waals surface area contributed by atoms with E-state index >= 15 is 0 Å². The van der Waals surface area contributed by atoms with Crippen LogP contribution in [0.2, 0.25) is 5.15 Å². The van der Waals surface area contributed by atoms with Crippen LogP contribution in [0.4, 0.5) is 5.82 Å². The van der Waals surface area contributed by atoms with Crippen LogP contribution in [0, 0.1) is 12.3 Å². The molecule has 0 bridgehead atoms. The highest BCUT2D eigenvalue weighted by atomic mass is 35.5. The van der Waals surface area contributed by atoms with Crippen LogP contribution in [0.5, 0.6) is 5.88 Å². The molecule has 2 aromatic heterocycles. The standard InChI is InChI=1S/C25H28ClN5O2/c1-15-21(18-7-8-20(33-2)30-23(18)26)29-19(14-32)24(28-15)31-11-9-25(10-12-31)13-16-5-3-4-6-17(16)22(25)27/h3-8,22,32H,9-14,27H2,1-2H3/t22-/m1/s1. The van der Waals surface area contributed by atoms with Crippen LogP contribution >= 0.6 is 11.6 Å². The summed E-state index contributed by atoms with van der Waals surface area (Å²) >= 11 is 6.38. The Morgan fingerprint density at radius 3 is 2.58 bits per heavy atom. The summed E-state index contributed by atoms with van der Waals surface area (Å²) in [5, 5.41) is 10.4. The molecule has 0 amide bonds. The number of nitrogens with zero attached hydrogens (tertiary/aromatic N) is 4. The summed E-state index contributed by atoms with van der Waals surface area (Å²) in [7, 11) is 1.54. The third kappa shape index (κ3) is 3.74. The number of piperidine rings is 1. The molecule has 3 N–H and O–H groups in total. The molecule has 2 aliphatic rings. The Hall–Kier alpha value is -2.74. The highest BCUT2D eigenvalue weighted by Gasteiger charge is 2.46. The Labute approximate surface area is 198 Å². The lowest BCUT2D eigenvalue weighted by Crippen LogP contribution is -2.45. The first kappa shape index (κ1) is 22.1. The van der Waals surface area contributed by atoms with Gasteiger partial charge in [-0.25, -0.2) is 15.0 Å². The first-order valence-corrected chi connectivity index (χ1v) is 11.6. The van der Waals surface area contributed by atoms with Gasteiger partial charge in [0.1, 0.15) is 10.8 Å². The Bertz CT molecular complexity index is 1190. The molecular weight excluding hydrogens is 438 g/mol. The van der Waals surface area contributed by atoms with Crippen LogP contribution in [-0.4, -0.2) is 40.3 Å². The molecule has 0 radical (unpaired) electrons. The SMILES string of the molecule is COc1ccc(-c2nc(CO)c(N3CCC4(CC3)Cc3ccccc3[C@H]4N)nc2C)c(Cl)n1. The van der Waals surface area contributed by atoms with Crippen LogP contribution in [0.25, 0.3) is 11.3 Å². The van der Waals surface area contributed by atoms with E-state index in [1.54, 1.807) is 13.2 Å². The average molecular weight is 466 g/mol. The number of aliphatic hydroxyl groups excluding tert-OH is 1. The number of anilines is 1. The van der Waals surface area contributed by atoms with Gasteiger partial charge in [-0.1, -0.05) is 35.9 Å². The molecule has 1 aliphatic carbocycles. The van der Waals surface area contributed by atoms with Crippen LogP contribution in [0.1, 0.15) is 41.4 Å². The molecule has 1 saturated heterocycles. The first-order valence-electron chi connectivity index (χ1n) is 11.2. The molecule has 3 heterocycles. The smallest absolute Gasteiger partial charge is 0.214 e. The number of hydrogen-bond donors (Lipinski definition) is 2. The lowest BCUT2D eigenvalue weighted by molar-refractivity contribution is 0.186. The van der Waals surface area contributed by atoms with Crippen molar-refractivity contribution in [2.75, 3.05) is 25.1 Å². The van der Waals surface area contributed by atoms with Crippen molar-refractivity contribution in [3.8, 4) is 17.1 Å². The fourth-order valence-electron chi connectivity index (χ4n) is 5.33. The molecule has 1 fully saturated rings. The van der Waals surface area contributed by atoms with Crippen molar-refractivity contribution in [1.29, 1.82) is 0 Å². The maximum Gasteiger partial charge on any atom is 0.214 e. The summed E-state index contributed by atoms with van der Waals surface area (Å²) in [6.45, 7) is 3.35. The summed E-state index contributed by atoms with van der Waals surface area (Å²) in [6.07, 6.45) is 2.98. The molecule has 1 spiro atoms. The van der Waals surface area contributed by atoms with Gasteiger partial charge in [0, 0.05) is 30.8 Å². The molecule has 8 heteroatoms. The van der Waals surface area contributed by atoms with E-state index in [1.807, 2.05) is 13.0 Å². The number of halogens is 1. The van der Waals surface area contributed by atoms with E-state index < -0.39 is 0 Å². The minimum atomic E-state index is -0.205. The molecule has 3 aromatic rings. The molecule has 1 aliphatic heterocycles. The van der Waals surface area contributed by atoms with Gasteiger partial charge in [-0.2, -0.15) is 0 Å². The van der Waals surface area contributed by atoms with E-state index in [-0.39, 0.29) is 23.2 Å². The number of rotatable bonds is 4. The van der Waals surface area contributed by atoms with Crippen molar-refractivity contribution in [1.82, 2.24) is 15.0 Å². The number of pyridine rings is 1. The predicted molar refractivity (Wildman–Crippen MR) is 128 cm³/mol. The Morgan fingerprint density at radius 1 is 1.15 bits per heavy atom. The van der Waals surface area contributed by atoms with E-state index in [0.29, 0.717) is 22.8 Å². The van der Waals surface area contributed by atoms with Gasteiger partial charge in [0.05, 0.1) is 25.1 Å². The fraction of sp³-hybridized carbons (Fsp3) is 0.400. The van der Waals surface area contributed by atoms with Gasteiger partial charge in [0.15, 0.2) is 5.82 Å². The Balaban J connectivity index is 1.40. The van der Waals surface area contributed by atoms with E-state index in [0.717, 1.165) is 43.9 Å². The normalized spacial score (nSPS) is 19.1. The monoisotopic (exact) mass is 465 g/mol. The third-order valence-corrected chi connectivity index (χ3v) is 7.50. The number of aryl methyl sites for hydroxylation is 1. The number of fused-ring (bicyclic) bond motifs is 1. The summed E-state index contributed by atoms with van der Waals surface area (Å²) in [5.74, 6) is 1.16. The molecular formula is C25H28ClN5O2. The van der Waals surface area contributed by atoms with Crippen LogP contribution in [-0.2, 0) is 13.0 Å². The number of ether oxygens (including phenoxy) is 1. The van der Waals surface area contributed by atoms with Gasteiger partial charge < -0.3 is 20.5 Å². The summed E-state index contributed by atoms with van der Waals surface area (Å²) < 4.78 is 5.14. The maximum atomic E-state index is 10.1. The molecule has 172 valence electrons. The zero-order valence-corrected chi connectivity index (χ0v) is 19.6. The van der Waals surface area contributed by atoms with Crippen LogP contribution in [0.3, 0.4) is 0 Å². The van der Waals surface area contributed by atoms with Crippen molar-refractivity contribution in [3.05, 3.63) is 64.1 Å². The third-order valence-electron chi connectivity index (χ3n) is 7.21. The van der Waals surface area contributed by atoms with Gasteiger partial charge in [-0.15, -0.1) is 0 Å². The van der Waals surface area contributed by atoms with E-state index in [2.05, 4.69) is 34.1 Å². The quantitative estimate of drug-likeness (QED) is 0.565. The minimum absolute atomic E-state index is 0.0630. The van der Waals surface area contributed by atoms with Gasteiger partial charge in [0.2, 0.25) is 5.88 Å². The second kappa shape index (κ2) is 8.56. The molecule has 0 unspecified atom stereocenters. The second-order valence-electron chi connectivity index (χ2n) is 8.98. The molecule has 1 atom stereocenters. The zero-order chi connectivity index (χ0) is 23.2. The highest BCUT2D eigenvalue weighted by Crippen LogP contribution is 2.51. The number of aromatic nitrogens is 3. The largest absolute Gasteiger partial charge is 0.481 e. The van der Waals surface area contributed by atoms with E-state index in [4.69, 9.17) is 32.0 Å². The second-order valence-corrected chi connectivity index (χ2v) is 9.34. The lowest BCUT2D eigenvalue weighted by atomic mass is 9.73. The van der Waals surface area contributed by atoms with Crippen molar-refractivity contribution < 1.29 is 9.84 Å². The predicted octanol–water partition coefficient (Wildman–Crippen LogP) is 3.84. The number of hydrogen-bond acceptors (Lipinski definition) is 7. The Kier molecular flexibility index (Phi) is 5.72. The molecule has 1 aromatic carbocycles. The maximum absolute atomic E-state index is 10.1. The van der Waals surface area contributed by atoms with E-state index in [9.17, 15) is 5.11 Å². The zero-order valence-electron chi connectivity index (χ0n) is 18.9. The molecule has 5 rings (SSSR count). The number of methoxy groups -OCH3 is 1. The summed E-state index contributed by atoms with van der Waals surface area (Å²) in [4.78, 5) is 16.1. The van der Waals surface area contributed by atoms with Crippen molar-refractivity contribution in [3.63, 3.8) is 0 Å². The van der Waals surface area contributed by atoms with Crippen molar-refractivity contribution in [2.45, 2.75) is 38.8 Å². The van der Waals surface area contributed by atoms with Gasteiger partial charge in [-0.3, -0.25) is 0 Å².